The molecular weight excluding hydrogens is 466 g/mol. The average Bonchev–Trinajstić information content (AvgIpc) is 3.30. The van der Waals surface area contributed by atoms with Crippen LogP contribution in [0.5, 0.6) is 0 Å². The second kappa shape index (κ2) is 7.47. The molecule has 0 saturated heterocycles. The molecule has 3 N–H and O–H groups in total. The summed E-state index contributed by atoms with van der Waals surface area (Å²) in [5, 5.41) is 10.2. The van der Waals surface area contributed by atoms with E-state index in [0.717, 1.165) is 21.2 Å². The van der Waals surface area contributed by atoms with E-state index in [1.54, 1.807) is 24.0 Å². The van der Waals surface area contributed by atoms with Gasteiger partial charge in [0.15, 0.2) is 0 Å². The number of hydrogen-bond acceptors (Lipinski definition) is 7. The highest BCUT2D eigenvalue weighted by molar-refractivity contribution is 9.10. The van der Waals surface area contributed by atoms with Crippen LogP contribution in [0.2, 0.25) is 0 Å². The van der Waals surface area contributed by atoms with Gasteiger partial charge in [-0.05, 0) is 45.8 Å². The Kier molecular flexibility index (Phi) is 4.64. The molecule has 0 fully saturated rings. The van der Waals surface area contributed by atoms with Crippen LogP contribution in [0.4, 0.5) is 11.6 Å². The van der Waals surface area contributed by atoms with E-state index in [9.17, 15) is 4.79 Å². The molecule has 8 nitrogen and oxygen atoms in total. The molecule has 0 unspecified atom stereocenters. The Morgan fingerprint density at radius 3 is 2.90 bits per heavy atom. The van der Waals surface area contributed by atoms with Crippen molar-refractivity contribution in [3.63, 3.8) is 0 Å². The lowest BCUT2D eigenvalue weighted by Crippen LogP contribution is -2.12. The van der Waals surface area contributed by atoms with Gasteiger partial charge in [0.25, 0.3) is 5.91 Å². The molecule has 10 heteroatoms. The molecule has 5 rings (SSSR count). The molecule has 1 amide bonds. The molecule has 4 aromatic heterocycles. The van der Waals surface area contributed by atoms with Gasteiger partial charge in [-0.2, -0.15) is 5.10 Å². The maximum atomic E-state index is 13.0. The predicted molar refractivity (Wildman–Crippen MR) is 121 cm³/mol. The number of nitrogens with two attached hydrogens (primary N) is 1. The highest BCUT2D eigenvalue weighted by Crippen LogP contribution is 2.32. The predicted octanol–water partition coefficient (Wildman–Crippen LogP) is 4.08. The topological polar surface area (TPSA) is 112 Å². The first kappa shape index (κ1) is 18.6. The normalized spacial score (nSPS) is 11.2. The Labute approximate surface area is 182 Å². The number of anilines is 2. The van der Waals surface area contributed by atoms with Gasteiger partial charge in [0.2, 0.25) is 5.95 Å². The number of nitrogen functional groups attached to an aromatic ring is 1. The maximum absolute atomic E-state index is 13.0. The van der Waals surface area contributed by atoms with Gasteiger partial charge in [0.1, 0.15) is 4.60 Å². The Balaban J connectivity index is 1.51. The van der Waals surface area contributed by atoms with Crippen molar-refractivity contribution in [3.8, 4) is 0 Å². The summed E-state index contributed by atoms with van der Waals surface area (Å²) in [6.07, 6.45) is 5.13. The van der Waals surface area contributed by atoms with E-state index >= 15 is 0 Å². The van der Waals surface area contributed by atoms with Crippen LogP contribution in [0.1, 0.15) is 15.9 Å². The van der Waals surface area contributed by atoms with Crippen molar-refractivity contribution in [1.82, 2.24) is 24.7 Å². The summed E-state index contributed by atoms with van der Waals surface area (Å²) >= 11 is 4.94. The molecule has 0 aliphatic carbocycles. The second-order valence-electron chi connectivity index (χ2n) is 6.55. The minimum atomic E-state index is -0.263. The monoisotopic (exact) mass is 479 g/mol. The fourth-order valence-corrected chi connectivity index (χ4v) is 4.71. The summed E-state index contributed by atoms with van der Waals surface area (Å²) in [5.41, 5.74) is 9.34. The largest absolute Gasteiger partial charge is 0.368 e. The number of amides is 1. The van der Waals surface area contributed by atoms with Crippen LogP contribution < -0.4 is 11.1 Å². The smallest absolute Gasteiger partial charge is 0.258 e. The zero-order valence-electron chi connectivity index (χ0n) is 15.4. The Hall–Kier alpha value is -3.37. The first-order valence-corrected chi connectivity index (χ1v) is 10.6. The average molecular weight is 480 g/mol. The molecule has 30 heavy (non-hydrogen) atoms. The van der Waals surface area contributed by atoms with Gasteiger partial charge in [0, 0.05) is 17.8 Å². The van der Waals surface area contributed by atoms with E-state index in [4.69, 9.17) is 5.73 Å². The van der Waals surface area contributed by atoms with Crippen LogP contribution in [0.25, 0.3) is 21.1 Å². The minimum Gasteiger partial charge on any atom is -0.368 e. The number of carbonyl (C=O) groups is 1. The van der Waals surface area contributed by atoms with Crippen molar-refractivity contribution >= 4 is 65.9 Å². The van der Waals surface area contributed by atoms with Crippen LogP contribution >= 0.6 is 27.3 Å². The Morgan fingerprint density at radius 2 is 2.07 bits per heavy atom. The summed E-state index contributed by atoms with van der Waals surface area (Å²) in [7, 11) is 0. The number of benzene rings is 1. The summed E-state index contributed by atoms with van der Waals surface area (Å²) < 4.78 is 3.35. The third-order valence-electron chi connectivity index (χ3n) is 4.64. The van der Waals surface area contributed by atoms with Gasteiger partial charge in [-0.15, -0.1) is 11.3 Å². The van der Waals surface area contributed by atoms with Crippen LogP contribution in [-0.2, 0) is 6.54 Å². The molecule has 0 bridgehead atoms. The fourth-order valence-electron chi connectivity index (χ4n) is 3.26. The van der Waals surface area contributed by atoms with Gasteiger partial charge in [-0.1, -0.05) is 6.07 Å². The minimum absolute atomic E-state index is 0.136. The van der Waals surface area contributed by atoms with Crippen molar-refractivity contribution in [2.24, 2.45) is 0 Å². The van der Waals surface area contributed by atoms with Crippen molar-refractivity contribution in [2.75, 3.05) is 11.1 Å². The van der Waals surface area contributed by atoms with E-state index in [0.29, 0.717) is 27.9 Å². The van der Waals surface area contributed by atoms with Gasteiger partial charge in [-0.25, -0.2) is 9.97 Å². The van der Waals surface area contributed by atoms with Gasteiger partial charge >= 0.3 is 0 Å². The maximum Gasteiger partial charge on any atom is 0.258 e. The van der Waals surface area contributed by atoms with Crippen molar-refractivity contribution in [1.29, 1.82) is 0 Å². The number of nitrogens with zero attached hydrogens (tertiary/aromatic N) is 5. The second-order valence-corrected chi connectivity index (χ2v) is 8.21. The molecule has 0 spiro atoms. The standard InChI is InChI=1S/C20H14BrN7OS/c21-18-16-13(25-19(29)12-10-30-15-8-24-20(22)26-17(12)15)2-1-3-14(16)28(27-18)9-11-4-6-23-7-5-11/h1-8,10H,9H2,(H,25,29)(H2,22,24,26). The quantitative estimate of drug-likeness (QED) is 0.401. The van der Waals surface area contributed by atoms with Crippen LogP contribution in [0, 0.1) is 0 Å². The number of rotatable bonds is 4. The lowest BCUT2D eigenvalue weighted by Gasteiger charge is -2.07. The fraction of sp³-hybridized carbons (Fsp3) is 0.0500. The summed E-state index contributed by atoms with van der Waals surface area (Å²) in [5.74, 6) is -0.127. The molecule has 148 valence electrons. The van der Waals surface area contributed by atoms with Crippen molar-refractivity contribution in [2.45, 2.75) is 6.54 Å². The highest BCUT2D eigenvalue weighted by Gasteiger charge is 2.18. The zero-order chi connectivity index (χ0) is 20.7. The van der Waals surface area contributed by atoms with Crippen molar-refractivity contribution < 1.29 is 4.79 Å². The third-order valence-corrected chi connectivity index (χ3v) is 6.10. The van der Waals surface area contributed by atoms with E-state index in [-0.39, 0.29) is 11.9 Å². The Bertz CT molecular complexity index is 1400. The number of carbonyl (C=O) groups excluding carboxylic acids is 1. The van der Waals surface area contributed by atoms with E-state index in [1.165, 1.54) is 11.3 Å². The lowest BCUT2D eigenvalue weighted by molar-refractivity contribution is 0.102. The zero-order valence-corrected chi connectivity index (χ0v) is 17.8. The van der Waals surface area contributed by atoms with E-state index in [2.05, 4.69) is 41.3 Å². The lowest BCUT2D eigenvalue weighted by atomic mass is 10.2. The van der Waals surface area contributed by atoms with Crippen molar-refractivity contribution in [3.05, 3.63) is 70.0 Å². The summed E-state index contributed by atoms with van der Waals surface area (Å²) in [6, 6.07) is 9.60. The molecular formula is C20H14BrN7OS. The van der Waals surface area contributed by atoms with E-state index < -0.39 is 0 Å². The van der Waals surface area contributed by atoms with Crippen LogP contribution in [0.15, 0.2) is 58.9 Å². The molecule has 1 aromatic carbocycles. The first-order chi connectivity index (χ1) is 14.6. The molecule has 0 saturated carbocycles. The van der Waals surface area contributed by atoms with E-state index in [1.807, 2.05) is 35.0 Å². The van der Waals surface area contributed by atoms with Gasteiger partial charge in [-0.3, -0.25) is 14.5 Å². The highest BCUT2D eigenvalue weighted by atomic mass is 79.9. The summed E-state index contributed by atoms with van der Waals surface area (Å²) in [4.78, 5) is 25.2. The first-order valence-electron chi connectivity index (χ1n) is 8.95. The SMILES string of the molecule is Nc1ncc2scc(C(=O)Nc3cccc4c3c(Br)nn4Cc3ccncc3)c2n1. The van der Waals surface area contributed by atoms with Crippen LogP contribution in [-0.4, -0.2) is 30.6 Å². The molecule has 0 aliphatic heterocycles. The third kappa shape index (κ3) is 3.29. The molecule has 5 aromatic rings. The molecule has 4 heterocycles. The molecule has 0 aliphatic rings. The Morgan fingerprint density at radius 1 is 1.23 bits per heavy atom. The number of aromatic nitrogens is 5. The molecule has 0 radical (unpaired) electrons. The number of halogens is 1. The van der Waals surface area contributed by atoms with Gasteiger partial charge < -0.3 is 11.1 Å². The number of hydrogen-bond donors (Lipinski definition) is 2. The van der Waals surface area contributed by atoms with Crippen LogP contribution in [0.3, 0.4) is 0 Å². The molecule has 0 atom stereocenters. The van der Waals surface area contributed by atoms with Gasteiger partial charge in [0.05, 0.1) is 45.1 Å². The number of nitrogens with one attached hydrogen (secondary N) is 1. The number of thiophene rings is 1. The number of pyridine rings is 1. The number of fused-ring (bicyclic) bond motifs is 2. The summed E-state index contributed by atoms with van der Waals surface area (Å²) in [6.45, 7) is 0.591.